The van der Waals surface area contributed by atoms with Crippen LogP contribution in [-0.2, 0) is 0 Å². The molecule has 0 aliphatic carbocycles. The van der Waals surface area contributed by atoms with Gasteiger partial charge < -0.3 is 15.1 Å². The van der Waals surface area contributed by atoms with Gasteiger partial charge in [-0.05, 0) is 32.7 Å². The van der Waals surface area contributed by atoms with E-state index in [4.69, 9.17) is 0 Å². The first kappa shape index (κ1) is 17.9. The van der Waals surface area contributed by atoms with Gasteiger partial charge in [0.1, 0.15) is 0 Å². The summed E-state index contributed by atoms with van der Waals surface area (Å²) in [5.74, 6) is 0. The zero-order chi connectivity index (χ0) is 14.0. The Morgan fingerprint density at radius 2 is 1.17 bits per heavy atom. The monoisotopic (exact) mass is 257 g/mol. The van der Waals surface area contributed by atoms with Crippen molar-refractivity contribution in [2.45, 2.75) is 41.5 Å². The van der Waals surface area contributed by atoms with Crippen molar-refractivity contribution in [2.24, 2.45) is 5.41 Å². The van der Waals surface area contributed by atoms with E-state index in [1.54, 1.807) is 0 Å². The third-order valence-electron chi connectivity index (χ3n) is 3.80. The largest absolute Gasteiger partial charge is 0.316 e. The summed E-state index contributed by atoms with van der Waals surface area (Å²) in [6.07, 6.45) is 0. The van der Waals surface area contributed by atoms with Gasteiger partial charge in [0.25, 0.3) is 0 Å². The van der Waals surface area contributed by atoms with Crippen LogP contribution in [0, 0.1) is 5.41 Å². The second kappa shape index (κ2) is 9.76. The highest BCUT2D eigenvalue weighted by Crippen LogP contribution is 2.19. The van der Waals surface area contributed by atoms with Gasteiger partial charge in [-0.15, -0.1) is 0 Å². The number of hydrogen-bond donors (Lipinski definition) is 1. The Bertz CT molecular complexity index is 172. The molecule has 0 aromatic heterocycles. The van der Waals surface area contributed by atoms with Gasteiger partial charge >= 0.3 is 0 Å². The first-order chi connectivity index (χ1) is 8.55. The average Bonchev–Trinajstić information content (AvgIpc) is 2.40. The molecule has 0 radical (unpaired) electrons. The lowest BCUT2D eigenvalue weighted by Crippen LogP contribution is -2.49. The second-order valence-corrected chi connectivity index (χ2v) is 5.51. The molecular weight excluding hydrogens is 222 g/mol. The standard InChI is InChI=1S/C15H35N3/c1-7-16-12-15(6,13-17(8-2)9-3)14-18(10-4)11-5/h16H,7-14H2,1-6H3. The molecule has 0 spiro atoms. The van der Waals surface area contributed by atoms with Gasteiger partial charge in [-0.1, -0.05) is 41.5 Å². The van der Waals surface area contributed by atoms with Crippen LogP contribution in [0.1, 0.15) is 41.5 Å². The molecule has 0 unspecified atom stereocenters. The SMILES string of the molecule is CCNCC(C)(CN(CC)CC)CN(CC)CC. The van der Waals surface area contributed by atoms with E-state index in [9.17, 15) is 0 Å². The molecule has 0 bridgehead atoms. The van der Waals surface area contributed by atoms with Crippen LogP contribution in [0.5, 0.6) is 0 Å². The first-order valence-corrected chi connectivity index (χ1v) is 7.70. The average molecular weight is 257 g/mol. The van der Waals surface area contributed by atoms with Crippen LogP contribution in [0.4, 0.5) is 0 Å². The van der Waals surface area contributed by atoms with Crippen LogP contribution >= 0.6 is 0 Å². The maximum Gasteiger partial charge on any atom is 0.00596 e. The fourth-order valence-electron chi connectivity index (χ4n) is 2.56. The van der Waals surface area contributed by atoms with Crippen molar-refractivity contribution in [3.05, 3.63) is 0 Å². The van der Waals surface area contributed by atoms with E-state index in [1.165, 1.54) is 13.1 Å². The molecule has 0 aliphatic heterocycles. The molecule has 0 amide bonds. The minimum atomic E-state index is 0.341. The van der Waals surface area contributed by atoms with Gasteiger partial charge in [0.05, 0.1) is 0 Å². The molecule has 1 N–H and O–H groups in total. The quantitative estimate of drug-likeness (QED) is 0.613. The predicted octanol–water partition coefficient (Wildman–Crippen LogP) is 2.29. The summed E-state index contributed by atoms with van der Waals surface area (Å²) in [5, 5.41) is 3.54. The Kier molecular flexibility index (Phi) is 9.70. The smallest absolute Gasteiger partial charge is 0.00596 e. The third kappa shape index (κ3) is 6.72. The van der Waals surface area contributed by atoms with Crippen LogP contribution in [0.3, 0.4) is 0 Å². The topological polar surface area (TPSA) is 18.5 Å². The second-order valence-electron chi connectivity index (χ2n) is 5.51. The number of nitrogens with one attached hydrogen (secondary N) is 1. The summed E-state index contributed by atoms with van der Waals surface area (Å²) in [7, 11) is 0. The van der Waals surface area contributed by atoms with Crippen LogP contribution in [-0.4, -0.2) is 62.2 Å². The molecule has 18 heavy (non-hydrogen) atoms. The molecule has 0 rings (SSSR count). The fraction of sp³-hybridized carbons (Fsp3) is 1.00. The molecule has 0 aliphatic rings. The minimum Gasteiger partial charge on any atom is -0.316 e. The van der Waals surface area contributed by atoms with Crippen molar-refractivity contribution in [2.75, 3.05) is 52.4 Å². The summed E-state index contributed by atoms with van der Waals surface area (Å²) < 4.78 is 0. The number of hydrogen-bond acceptors (Lipinski definition) is 3. The van der Waals surface area contributed by atoms with Crippen molar-refractivity contribution in [1.82, 2.24) is 15.1 Å². The van der Waals surface area contributed by atoms with Crippen molar-refractivity contribution in [3.63, 3.8) is 0 Å². The lowest BCUT2D eigenvalue weighted by molar-refractivity contribution is 0.116. The van der Waals surface area contributed by atoms with E-state index in [1.807, 2.05) is 0 Å². The summed E-state index contributed by atoms with van der Waals surface area (Å²) in [6.45, 7) is 22.8. The molecule has 0 aromatic carbocycles. The van der Waals surface area contributed by atoms with E-state index >= 15 is 0 Å². The van der Waals surface area contributed by atoms with E-state index < -0.39 is 0 Å². The highest BCUT2D eigenvalue weighted by Gasteiger charge is 2.27. The summed E-state index contributed by atoms with van der Waals surface area (Å²) >= 11 is 0. The maximum atomic E-state index is 3.54. The minimum absolute atomic E-state index is 0.341. The Hall–Kier alpha value is -0.120. The van der Waals surface area contributed by atoms with Gasteiger partial charge in [0.2, 0.25) is 0 Å². The van der Waals surface area contributed by atoms with Crippen molar-refractivity contribution in [3.8, 4) is 0 Å². The molecule has 0 saturated heterocycles. The molecule has 0 saturated carbocycles. The molecule has 110 valence electrons. The van der Waals surface area contributed by atoms with E-state index in [0.717, 1.165) is 39.3 Å². The molecule has 3 heteroatoms. The van der Waals surface area contributed by atoms with Crippen molar-refractivity contribution >= 4 is 0 Å². The molecule has 0 heterocycles. The molecule has 0 atom stereocenters. The Labute approximate surface area is 115 Å². The highest BCUT2D eigenvalue weighted by atomic mass is 15.2. The normalized spacial score (nSPS) is 12.7. The predicted molar refractivity (Wildman–Crippen MR) is 82.2 cm³/mol. The molecular formula is C15H35N3. The van der Waals surface area contributed by atoms with Gasteiger partial charge in [-0.2, -0.15) is 0 Å². The van der Waals surface area contributed by atoms with Gasteiger partial charge in [0, 0.05) is 25.0 Å². The van der Waals surface area contributed by atoms with Gasteiger partial charge in [-0.3, -0.25) is 0 Å². The van der Waals surface area contributed by atoms with Gasteiger partial charge in [0.15, 0.2) is 0 Å². The van der Waals surface area contributed by atoms with Crippen molar-refractivity contribution in [1.29, 1.82) is 0 Å². The van der Waals surface area contributed by atoms with Crippen LogP contribution in [0.25, 0.3) is 0 Å². The molecule has 0 fully saturated rings. The Morgan fingerprint density at radius 1 is 0.778 bits per heavy atom. The Morgan fingerprint density at radius 3 is 1.44 bits per heavy atom. The zero-order valence-corrected chi connectivity index (χ0v) is 13.6. The Balaban J connectivity index is 4.58. The maximum absolute atomic E-state index is 3.54. The molecule has 3 nitrogen and oxygen atoms in total. The summed E-state index contributed by atoms with van der Waals surface area (Å²) in [4.78, 5) is 5.08. The van der Waals surface area contributed by atoms with Crippen LogP contribution < -0.4 is 5.32 Å². The zero-order valence-electron chi connectivity index (χ0n) is 13.6. The van der Waals surface area contributed by atoms with E-state index in [-0.39, 0.29) is 0 Å². The number of rotatable bonds is 11. The van der Waals surface area contributed by atoms with E-state index in [0.29, 0.717) is 5.41 Å². The fourth-order valence-corrected chi connectivity index (χ4v) is 2.56. The molecule has 0 aromatic rings. The lowest BCUT2D eigenvalue weighted by Gasteiger charge is -2.38. The van der Waals surface area contributed by atoms with Crippen LogP contribution in [0.2, 0.25) is 0 Å². The van der Waals surface area contributed by atoms with Gasteiger partial charge in [-0.25, -0.2) is 0 Å². The summed E-state index contributed by atoms with van der Waals surface area (Å²) in [6, 6.07) is 0. The van der Waals surface area contributed by atoms with E-state index in [2.05, 4.69) is 56.7 Å². The lowest BCUT2D eigenvalue weighted by atomic mass is 9.88. The summed E-state index contributed by atoms with van der Waals surface area (Å²) in [5.41, 5.74) is 0.341. The third-order valence-corrected chi connectivity index (χ3v) is 3.80. The number of nitrogens with zero attached hydrogens (tertiary/aromatic N) is 2. The van der Waals surface area contributed by atoms with Crippen molar-refractivity contribution < 1.29 is 0 Å². The first-order valence-electron chi connectivity index (χ1n) is 7.70. The highest BCUT2D eigenvalue weighted by molar-refractivity contribution is 4.83. The van der Waals surface area contributed by atoms with Crippen LogP contribution in [0.15, 0.2) is 0 Å².